The Morgan fingerprint density at radius 1 is 0.351 bits per heavy atom. The summed E-state index contributed by atoms with van der Waals surface area (Å²) in [7, 11) is 0. The van der Waals surface area contributed by atoms with Gasteiger partial charge in [0, 0.05) is 0 Å². The Labute approximate surface area is 249 Å². The summed E-state index contributed by atoms with van der Waals surface area (Å²) in [5.74, 6) is 2.27. The summed E-state index contributed by atoms with van der Waals surface area (Å²) in [4.78, 5) is 0. The molecule has 0 N–H and O–H groups in total. The molecular weight excluding hydrogens is 496 g/mol. The average Bonchev–Trinajstić information content (AvgIpc) is 2.68. The second kappa shape index (κ2) is 34.6. The Kier molecular flexibility index (Phi) is 44.3. The first-order chi connectivity index (χ1) is 16.7. The van der Waals surface area contributed by atoms with E-state index < -0.39 is 0 Å². The third kappa shape index (κ3) is 53.5. The first-order valence-electron chi connectivity index (χ1n) is 15.3. The largest absolute Gasteiger partial charge is 4.00 e. The molecule has 4 unspecified atom stereocenters. The normalized spacial score (nSPS) is 13.9. The van der Waals surface area contributed by atoms with E-state index in [2.05, 4.69) is 83.1 Å². The number of hydrogen-bond acceptors (Lipinski definition) is 4. The van der Waals surface area contributed by atoms with Gasteiger partial charge in [0.05, 0.1) is 0 Å². The fourth-order valence-electron chi connectivity index (χ4n) is 3.86. The first-order valence-corrected chi connectivity index (χ1v) is 15.3. The SMILES string of the molecule is CCCC([O-])CC(C)C.CCCC([O-])CC(C)C.CCCC([O-])CC(C)C.CCCC([O-])CC(C)C.[Ti+4]. The molecule has 0 radical (unpaired) electrons. The van der Waals surface area contributed by atoms with Crippen LogP contribution in [0.3, 0.4) is 0 Å². The standard InChI is InChI=1S/4C8H17O.Ti/c4*1-4-5-8(9)6-7(2)3;/h4*7-8H,4-6H2,1-3H3;/q4*-1;+4. The molecule has 0 aliphatic rings. The van der Waals surface area contributed by atoms with Gasteiger partial charge >= 0.3 is 21.7 Å². The Bertz CT molecular complexity index is 317. The summed E-state index contributed by atoms with van der Waals surface area (Å²) in [5.41, 5.74) is 0. The smallest absolute Gasteiger partial charge is 0.852 e. The molecule has 0 aliphatic carbocycles. The van der Waals surface area contributed by atoms with E-state index in [0.29, 0.717) is 23.7 Å². The van der Waals surface area contributed by atoms with Gasteiger partial charge in [-0.25, -0.2) is 0 Å². The second-order valence-corrected chi connectivity index (χ2v) is 12.2. The van der Waals surface area contributed by atoms with Crippen molar-refractivity contribution in [1.29, 1.82) is 0 Å². The van der Waals surface area contributed by atoms with Crippen molar-refractivity contribution in [2.45, 2.75) is 185 Å². The van der Waals surface area contributed by atoms with Gasteiger partial charge in [-0.15, -0.1) is 24.4 Å². The summed E-state index contributed by atoms with van der Waals surface area (Å²) in [6.45, 7) is 25.0. The van der Waals surface area contributed by atoms with Gasteiger partial charge in [0.25, 0.3) is 0 Å². The van der Waals surface area contributed by atoms with Crippen LogP contribution in [0, 0.1) is 23.7 Å². The maximum atomic E-state index is 10.9. The van der Waals surface area contributed by atoms with Crippen molar-refractivity contribution in [1.82, 2.24) is 0 Å². The zero-order chi connectivity index (χ0) is 29.1. The van der Waals surface area contributed by atoms with Crippen LogP contribution in [-0.2, 0) is 21.7 Å². The molecule has 0 heterocycles. The van der Waals surface area contributed by atoms with Gasteiger partial charge in [0.15, 0.2) is 0 Å². The molecule has 5 heteroatoms. The fourth-order valence-corrected chi connectivity index (χ4v) is 3.86. The van der Waals surface area contributed by atoms with E-state index in [-0.39, 0.29) is 46.1 Å². The Morgan fingerprint density at radius 3 is 0.568 bits per heavy atom. The molecule has 4 nitrogen and oxygen atoms in total. The van der Waals surface area contributed by atoms with Crippen molar-refractivity contribution < 1.29 is 42.1 Å². The number of rotatable bonds is 16. The quantitative estimate of drug-likeness (QED) is 0.207. The van der Waals surface area contributed by atoms with E-state index in [4.69, 9.17) is 0 Å². The summed E-state index contributed by atoms with van der Waals surface area (Å²) in [5, 5.41) is 43.7. The van der Waals surface area contributed by atoms with Gasteiger partial charge in [-0.2, -0.15) is 0 Å². The fraction of sp³-hybridized carbons (Fsp3) is 1.00. The molecule has 0 spiro atoms. The van der Waals surface area contributed by atoms with E-state index in [1.807, 2.05) is 0 Å². The van der Waals surface area contributed by atoms with E-state index in [9.17, 15) is 20.4 Å². The van der Waals surface area contributed by atoms with Gasteiger partial charge in [-0.1, -0.05) is 160 Å². The Hall–Kier alpha value is 0.554. The minimum Gasteiger partial charge on any atom is -0.852 e. The van der Waals surface area contributed by atoms with Crippen LogP contribution >= 0.6 is 0 Å². The predicted molar refractivity (Wildman–Crippen MR) is 153 cm³/mol. The van der Waals surface area contributed by atoms with Gasteiger partial charge < -0.3 is 20.4 Å². The molecule has 0 bridgehead atoms. The molecule has 0 amide bonds. The van der Waals surface area contributed by atoms with E-state index in [1.165, 1.54) is 0 Å². The molecule has 0 aromatic heterocycles. The summed E-state index contributed by atoms with van der Waals surface area (Å²) in [6, 6.07) is 0. The molecule has 0 aromatic carbocycles. The third-order valence-corrected chi connectivity index (χ3v) is 5.38. The molecule has 0 aliphatic heterocycles. The van der Waals surface area contributed by atoms with Crippen LogP contribution in [0.25, 0.3) is 0 Å². The summed E-state index contributed by atoms with van der Waals surface area (Å²) < 4.78 is 0. The molecule has 0 fully saturated rings. The van der Waals surface area contributed by atoms with Crippen LogP contribution < -0.4 is 20.4 Å². The van der Waals surface area contributed by atoms with E-state index in [1.54, 1.807) is 0 Å². The maximum absolute atomic E-state index is 10.9. The summed E-state index contributed by atoms with van der Waals surface area (Å²) >= 11 is 0. The van der Waals surface area contributed by atoms with Crippen molar-refractivity contribution >= 4 is 0 Å². The first kappa shape index (κ1) is 47.3. The monoisotopic (exact) mass is 564 g/mol. The minimum atomic E-state index is -0.310. The van der Waals surface area contributed by atoms with Gasteiger partial charge in [-0.05, 0) is 23.7 Å². The maximum Gasteiger partial charge on any atom is 4.00 e. The van der Waals surface area contributed by atoms with E-state index >= 15 is 0 Å². The van der Waals surface area contributed by atoms with Gasteiger partial charge in [0.2, 0.25) is 0 Å². The molecule has 0 aromatic rings. The van der Waals surface area contributed by atoms with Crippen LogP contribution in [0.4, 0.5) is 0 Å². The van der Waals surface area contributed by atoms with Crippen LogP contribution in [-0.4, -0.2) is 24.4 Å². The Balaban J connectivity index is -0.000000122. The molecule has 224 valence electrons. The molecule has 0 saturated carbocycles. The van der Waals surface area contributed by atoms with Crippen LogP contribution in [0.15, 0.2) is 0 Å². The minimum absolute atomic E-state index is 0. The van der Waals surface area contributed by atoms with Crippen LogP contribution in [0.5, 0.6) is 0 Å². The summed E-state index contributed by atoms with van der Waals surface area (Å²) in [6.07, 6.45) is 9.62. The molecule has 0 saturated heterocycles. The average molecular weight is 565 g/mol. The topological polar surface area (TPSA) is 92.2 Å². The van der Waals surface area contributed by atoms with Crippen molar-refractivity contribution in [3.63, 3.8) is 0 Å². The van der Waals surface area contributed by atoms with Crippen LogP contribution in [0.2, 0.25) is 0 Å². The molecule has 4 atom stereocenters. The Morgan fingerprint density at radius 2 is 0.486 bits per heavy atom. The second-order valence-electron chi connectivity index (χ2n) is 12.2. The van der Waals surface area contributed by atoms with Crippen molar-refractivity contribution in [3.05, 3.63) is 0 Å². The van der Waals surface area contributed by atoms with E-state index in [0.717, 1.165) is 77.0 Å². The zero-order valence-electron chi connectivity index (χ0n) is 27.2. The third-order valence-electron chi connectivity index (χ3n) is 5.38. The zero-order valence-corrected chi connectivity index (χ0v) is 28.8. The van der Waals surface area contributed by atoms with Crippen molar-refractivity contribution in [2.75, 3.05) is 0 Å². The van der Waals surface area contributed by atoms with Gasteiger partial charge in [0.1, 0.15) is 0 Å². The molecule has 0 rings (SSSR count). The van der Waals surface area contributed by atoms with Crippen molar-refractivity contribution in [2.24, 2.45) is 23.7 Å². The van der Waals surface area contributed by atoms with Gasteiger partial charge in [-0.3, -0.25) is 0 Å². The molecule has 37 heavy (non-hydrogen) atoms. The van der Waals surface area contributed by atoms with Crippen LogP contribution in [0.1, 0.15) is 160 Å². The predicted octanol–water partition coefficient (Wildman–Crippen LogP) is 6.24. The molecular formula is C32H68O4Ti. The number of hydrogen-bond donors (Lipinski definition) is 0. The van der Waals surface area contributed by atoms with Crippen molar-refractivity contribution in [3.8, 4) is 0 Å².